The standard InChI is InChI=1S/C12H19NO3/c1-7(2)11(6-14)13-12(15)10-5-8(3)16-9(10)4/h5,7,11,14H,6H2,1-4H3,(H,13,15)/t11-/m1/s1. The molecule has 1 heterocycles. The van der Waals surface area contributed by atoms with Crippen LogP contribution in [0.15, 0.2) is 10.5 Å². The van der Waals surface area contributed by atoms with Crippen LogP contribution >= 0.6 is 0 Å². The Balaban J connectivity index is 2.75. The zero-order valence-electron chi connectivity index (χ0n) is 10.2. The van der Waals surface area contributed by atoms with E-state index in [0.717, 1.165) is 0 Å². The summed E-state index contributed by atoms with van der Waals surface area (Å²) in [5, 5.41) is 11.9. The molecule has 1 aromatic heterocycles. The van der Waals surface area contributed by atoms with Crippen molar-refractivity contribution in [1.29, 1.82) is 0 Å². The Kier molecular flexibility index (Phi) is 4.12. The summed E-state index contributed by atoms with van der Waals surface area (Å²) >= 11 is 0. The molecular weight excluding hydrogens is 206 g/mol. The zero-order valence-corrected chi connectivity index (χ0v) is 10.2. The van der Waals surface area contributed by atoms with Gasteiger partial charge in [0.2, 0.25) is 0 Å². The van der Waals surface area contributed by atoms with Crippen molar-refractivity contribution in [3.05, 3.63) is 23.2 Å². The quantitative estimate of drug-likeness (QED) is 0.819. The normalized spacial score (nSPS) is 12.9. The summed E-state index contributed by atoms with van der Waals surface area (Å²) in [6.07, 6.45) is 0. The van der Waals surface area contributed by atoms with Crippen LogP contribution in [0.5, 0.6) is 0 Å². The van der Waals surface area contributed by atoms with Gasteiger partial charge in [0.15, 0.2) is 0 Å². The van der Waals surface area contributed by atoms with Gasteiger partial charge in [0.25, 0.3) is 5.91 Å². The van der Waals surface area contributed by atoms with Gasteiger partial charge in [-0.1, -0.05) is 13.8 Å². The number of carbonyl (C=O) groups excluding carboxylic acids is 1. The van der Waals surface area contributed by atoms with Crippen molar-refractivity contribution < 1.29 is 14.3 Å². The van der Waals surface area contributed by atoms with Crippen LogP contribution in [-0.2, 0) is 0 Å². The smallest absolute Gasteiger partial charge is 0.255 e. The predicted octanol–water partition coefficient (Wildman–Crippen LogP) is 1.64. The Bertz CT molecular complexity index is 368. The van der Waals surface area contributed by atoms with Gasteiger partial charge in [0.05, 0.1) is 18.2 Å². The van der Waals surface area contributed by atoms with E-state index in [2.05, 4.69) is 5.32 Å². The van der Waals surface area contributed by atoms with Crippen LogP contribution in [-0.4, -0.2) is 23.7 Å². The first-order valence-electron chi connectivity index (χ1n) is 5.44. The number of furan rings is 1. The van der Waals surface area contributed by atoms with Gasteiger partial charge in [-0.15, -0.1) is 0 Å². The number of hydrogen-bond donors (Lipinski definition) is 2. The van der Waals surface area contributed by atoms with Gasteiger partial charge >= 0.3 is 0 Å². The van der Waals surface area contributed by atoms with E-state index < -0.39 is 0 Å². The summed E-state index contributed by atoms with van der Waals surface area (Å²) in [6, 6.07) is 1.49. The Hall–Kier alpha value is -1.29. The van der Waals surface area contributed by atoms with Crippen molar-refractivity contribution >= 4 is 5.91 Å². The lowest BCUT2D eigenvalue weighted by molar-refractivity contribution is 0.0895. The number of rotatable bonds is 4. The molecule has 0 aromatic carbocycles. The molecule has 0 bridgehead atoms. The van der Waals surface area contributed by atoms with Crippen LogP contribution in [0.25, 0.3) is 0 Å². The van der Waals surface area contributed by atoms with Crippen molar-refractivity contribution in [2.24, 2.45) is 5.92 Å². The van der Waals surface area contributed by atoms with E-state index in [-0.39, 0.29) is 24.5 Å². The van der Waals surface area contributed by atoms with Crippen molar-refractivity contribution in [2.75, 3.05) is 6.61 Å². The lowest BCUT2D eigenvalue weighted by Crippen LogP contribution is -2.41. The summed E-state index contributed by atoms with van der Waals surface area (Å²) in [5.41, 5.74) is 0.539. The molecule has 0 aliphatic rings. The van der Waals surface area contributed by atoms with Crippen molar-refractivity contribution in [1.82, 2.24) is 5.32 Å². The van der Waals surface area contributed by atoms with E-state index in [4.69, 9.17) is 9.52 Å². The molecule has 1 amide bonds. The van der Waals surface area contributed by atoms with Crippen LogP contribution in [0.4, 0.5) is 0 Å². The van der Waals surface area contributed by atoms with Gasteiger partial charge in [-0.05, 0) is 25.8 Å². The van der Waals surface area contributed by atoms with Gasteiger partial charge in [-0.2, -0.15) is 0 Å². The summed E-state index contributed by atoms with van der Waals surface area (Å²) in [4.78, 5) is 11.9. The molecular formula is C12H19NO3. The minimum absolute atomic E-state index is 0.0563. The van der Waals surface area contributed by atoms with E-state index in [1.807, 2.05) is 13.8 Å². The van der Waals surface area contributed by atoms with Gasteiger partial charge in [-0.3, -0.25) is 4.79 Å². The second kappa shape index (κ2) is 5.16. The van der Waals surface area contributed by atoms with Crippen molar-refractivity contribution in [2.45, 2.75) is 33.7 Å². The zero-order chi connectivity index (χ0) is 12.3. The fraction of sp³-hybridized carbons (Fsp3) is 0.583. The molecule has 4 nitrogen and oxygen atoms in total. The Labute approximate surface area is 95.7 Å². The summed E-state index contributed by atoms with van der Waals surface area (Å²) in [6.45, 7) is 7.41. The van der Waals surface area contributed by atoms with E-state index in [1.165, 1.54) is 0 Å². The molecule has 2 N–H and O–H groups in total. The first kappa shape index (κ1) is 12.8. The average molecular weight is 225 g/mol. The maximum absolute atomic E-state index is 11.9. The van der Waals surface area contributed by atoms with E-state index in [9.17, 15) is 4.79 Å². The Morgan fingerprint density at radius 1 is 1.50 bits per heavy atom. The van der Waals surface area contributed by atoms with Crippen LogP contribution in [0.2, 0.25) is 0 Å². The maximum Gasteiger partial charge on any atom is 0.255 e. The molecule has 0 saturated carbocycles. The highest BCUT2D eigenvalue weighted by Crippen LogP contribution is 2.14. The van der Waals surface area contributed by atoms with Crippen LogP contribution in [0.1, 0.15) is 35.7 Å². The Morgan fingerprint density at radius 3 is 2.50 bits per heavy atom. The third-order valence-electron chi connectivity index (χ3n) is 2.60. The van der Waals surface area contributed by atoms with E-state index in [0.29, 0.717) is 17.1 Å². The second-order valence-electron chi connectivity index (χ2n) is 4.33. The molecule has 0 fully saturated rings. The molecule has 0 saturated heterocycles. The number of nitrogens with one attached hydrogen (secondary N) is 1. The summed E-state index contributed by atoms with van der Waals surface area (Å²) in [5.74, 6) is 1.33. The molecule has 0 aliphatic carbocycles. The molecule has 0 unspecified atom stereocenters. The number of amides is 1. The fourth-order valence-electron chi connectivity index (χ4n) is 1.53. The van der Waals surface area contributed by atoms with Gasteiger partial charge in [0.1, 0.15) is 11.5 Å². The minimum Gasteiger partial charge on any atom is -0.466 e. The highest BCUT2D eigenvalue weighted by atomic mass is 16.3. The van der Waals surface area contributed by atoms with E-state index in [1.54, 1.807) is 19.9 Å². The fourth-order valence-corrected chi connectivity index (χ4v) is 1.53. The summed E-state index contributed by atoms with van der Waals surface area (Å²) in [7, 11) is 0. The van der Waals surface area contributed by atoms with Crippen LogP contribution in [0, 0.1) is 19.8 Å². The first-order valence-corrected chi connectivity index (χ1v) is 5.44. The minimum atomic E-state index is -0.220. The molecule has 0 aliphatic heterocycles. The monoisotopic (exact) mass is 225 g/mol. The van der Waals surface area contributed by atoms with Gasteiger partial charge in [0, 0.05) is 0 Å². The molecule has 0 spiro atoms. The molecule has 90 valence electrons. The number of aliphatic hydroxyl groups is 1. The maximum atomic E-state index is 11.9. The van der Waals surface area contributed by atoms with E-state index >= 15 is 0 Å². The number of hydrogen-bond acceptors (Lipinski definition) is 3. The molecule has 4 heteroatoms. The SMILES string of the molecule is Cc1cc(C(=O)N[C@H](CO)C(C)C)c(C)o1. The van der Waals surface area contributed by atoms with Crippen LogP contribution < -0.4 is 5.32 Å². The third kappa shape index (κ3) is 2.85. The molecule has 1 rings (SSSR count). The first-order chi connectivity index (χ1) is 7.45. The predicted molar refractivity (Wildman–Crippen MR) is 61.4 cm³/mol. The lowest BCUT2D eigenvalue weighted by Gasteiger charge is -2.19. The molecule has 1 atom stereocenters. The second-order valence-corrected chi connectivity index (χ2v) is 4.33. The Morgan fingerprint density at radius 2 is 2.12 bits per heavy atom. The van der Waals surface area contributed by atoms with Gasteiger partial charge < -0.3 is 14.8 Å². The highest BCUT2D eigenvalue weighted by molar-refractivity contribution is 5.95. The number of carbonyl (C=O) groups is 1. The topological polar surface area (TPSA) is 62.5 Å². The van der Waals surface area contributed by atoms with Crippen molar-refractivity contribution in [3.63, 3.8) is 0 Å². The summed E-state index contributed by atoms with van der Waals surface area (Å²) < 4.78 is 5.29. The van der Waals surface area contributed by atoms with Crippen molar-refractivity contribution in [3.8, 4) is 0 Å². The lowest BCUT2D eigenvalue weighted by atomic mass is 10.0. The molecule has 0 radical (unpaired) electrons. The average Bonchev–Trinajstić information content (AvgIpc) is 2.53. The van der Waals surface area contributed by atoms with Gasteiger partial charge in [-0.25, -0.2) is 0 Å². The van der Waals surface area contributed by atoms with Crippen LogP contribution in [0.3, 0.4) is 0 Å². The third-order valence-corrected chi connectivity index (χ3v) is 2.60. The number of aryl methyl sites for hydroxylation is 2. The molecule has 1 aromatic rings. The largest absolute Gasteiger partial charge is 0.466 e. The molecule has 16 heavy (non-hydrogen) atoms. The highest BCUT2D eigenvalue weighted by Gasteiger charge is 2.19. The number of aliphatic hydroxyl groups excluding tert-OH is 1.